The van der Waals surface area contributed by atoms with Crippen LogP contribution in [-0.4, -0.2) is 74.9 Å². The van der Waals surface area contributed by atoms with Gasteiger partial charge in [0.1, 0.15) is 6.54 Å². The van der Waals surface area contributed by atoms with E-state index in [2.05, 4.69) is 15.6 Å². The lowest BCUT2D eigenvalue weighted by Crippen LogP contribution is -2.54. The fraction of sp³-hybridized carbons (Fsp3) is 0.900. The SMILES string of the molecule is CN(C)C(=O)CN=C(NC1CCOCC1)NC1CCOC2(CCCCC2)C1.I. The highest BCUT2D eigenvalue weighted by Gasteiger charge is 2.38. The Labute approximate surface area is 186 Å². The van der Waals surface area contributed by atoms with E-state index in [9.17, 15) is 4.79 Å². The summed E-state index contributed by atoms with van der Waals surface area (Å²) in [5.74, 6) is 0.772. The van der Waals surface area contributed by atoms with Gasteiger partial charge in [0, 0.05) is 46.0 Å². The molecular weight excluding hydrogens is 471 g/mol. The average Bonchev–Trinajstić information content (AvgIpc) is 2.67. The predicted molar refractivity (Wildman–Crippen MR) is 121 cm³/mol. The highest BCUT2D eigenvalue weighted by molar-refractivity contribution is 14.0. The molecule has 0 aromatic rings. The lowest BCUT2D eigenvalue weighted by atomic mass is 9.78. The molecular formula is C20H37IN4O3. The predicted octanol–water partition coefficient (Wildman–Crippen LogP) is 2.29. The molecule has 3 aliphatic rings. The molecule has 0 radical (unpaired) electrons. The monoisotopic (exact) mass is 508 g/mol. The van der Waals surface area contributed by atoms with Crippen LogP contribution in [0.2, 0.25) is 0 Å². The first-order chi connectivity index (χ1) is 13.1. The molecule has 0 aromatic heterocycles. The zero-order valence-corrected chi connectivity index (χ0v) is 19.7. The van der Waals surface area contributed by atoms with Crippen molar-refractivity contribution in [2.75, 3.05) is 40.5 Å². The van der Waals surface area contributed by atoms with Gasteiger partial charge in [0.25, 0.3) is 0 Å². The molecule has 162 valence electrons. The topological polar surface area (TPSA) is 75.2 Å². The van der Waals surface area contributed by atoms with Gasteiger partial charge in [-0.15, -0.1) is 24.0 Å². The largest absolute Gasteiger partial charge is 0.381 e. The first-order valence-electron chi connectivity index (χ1n) is 10.6. The molecule has 1 amide bonds. The number of hydrogen-bond donors (Lipinski definition) is 2. The van der Waals surface area contributed by atoms with Crippen molar-refractivity contribution in [3.8, 4) is 0 Å². The Morgan fingerprint density at radius 1 is 1.04 bits per heavy atom. The fourth-order valence-electron chi connectivity index (χ4n) is 4.35. The van der Waals surface area contributed by atoms with E-state index in [-0.39, 0.29) is 42.0 Å². The molecule has 2 aliphatic heterocycles. The van der Waals surface area contributed by atoms with Crippen LogP contribution in [0.15, 0.2) is 4.99 Å². The third-order valence-corrected chi connectivity index (χ3v) is 6.03. The van der Waals surface area contributed by atoms with Crippen molar-refractivity contribution in [3.63, 3.8) is 0 Å². The minimum Gasteiger partial charge on any atom is -0.381 e. The van der Waals surface area contributed by atoms with E-state index in [0.29, 0.717) is 12.1 Å². The molecule has 3 fully saturated rings. The minimum atomic E-state index is 0. The molecule has 3 rings (SSSR count). The maximum absolute atomic E-state index is 12.0. The van der Waals surface area contributed by atoms with E-state index in [1.165, 1.54) is 32.1 Å². The molecule has 2 N–H and O–H groups in total. The quantitative estimate of drug-likeness (QED) is 0.347. The number of rotatable bonds is 4. The Hall–Kier alpha value is -0.610. The summed E-state index contributed by atoms with van der Waals surface area (Å²) >= 11 is 0. The number of amides is 1. The number of carbonyl (C=O) groups excluding carboxylic acids is 1. The van der Waals surface area contributed by atoms with Crippen molar-refractivity contribution < 1.29 is 14.3 Å². The molecule has 1 atom stereocenters. The summed E-state index contributed by atoms with van der Waals surface area (Å²) in [7, 11) is 3.53. The van der Waals surface area contributed by atoms with Gasteiger partial charge >= 0.3 is 0 Å². The first kappa shape index (κ1) is 23.7. The van der Waals surface area contributed by atoms with E-state index < -0.39 is 0 Å². The van der Waals surface area contributed by atoms with Gasteiger partial charge in [-0.1, -0.05) is 19.3 Å². The van der Waals surface area contributed by atoms with Crippen LogP contribution in [0.1, 0.15) is 57.8 Å². The van der Waals surface area contributed by atoms with Crippen LogP contribution in [0.25, 0.3) is 0 Å². The van der Waals surface area contributed by atoms with Crippen LogP contribution in [0, 0.1) is 0 Å². The molecule has 2 heterocycles. The number of likely N-dealkylation sites (N-methyl/N-ethyl adjacent to an activating group) is 1. The second-order valence-electron chi connectivity index (χ2n) is 8.41. The van der Waals surface area contributed by atoms with E-state index in [1.54, 1.807) is 19.0 Å². The van der Waals surface area contributed by atoms with Crippen molar-refractivity contribution in [1.82, 2.24) is 15.5 Å². The highest BCUT2D eigenvalue weighted by atomic mass is 127. The highest BCUT2D eigenvalue weighted by Crippen LogP contribution is 2.38. The van der Waals surface area contributed by atoms with Crippen LogP contribution in [-0.2, 0) is 14.3 Å². The third-order valence-electron chi connectivity index (χ3n) is 6.03. The Bertz CT molecular complexity index is 512. The van der Waals surface area contributed by atoms with Crippen molar-refractivity contribution in [2.24, 2.45) is 4.99 Å². The van der Waals surface area contributed by atoms with E-state index >= 15 is 0 Å². The normalized spacial score (nSPS) is 25.6. The van der Waals surface area contributed by atoms with Gasteiger partial charge in [0.05, 0.1) is 5.60 Å². The van der Waals surface area contributed by atoms with Crippen molar-refractivity contribution in [2.45, 2.75) is 75.5 Å². The number of guanidine groups is 1. The van der Waals surface area contributed by atoms with E-state index in [0.717, 1.165) is 51.5 Å². The van der Waals surface area contributed by atoms with Gasteiger partial charge in [-0.25, -0.2) is 4.99 Å². The molecule has 2 saturated heterocycles. The summed E-state index contributed by atoms with van der Waals surface area (Å²) < 4.78 is 11.7. The van der Waals surface area contributed by atoms with Crippen LogP contribution in [0.3, 0.4) is 0 Å². The Kier molecular flexibility index (Phi) is 9.76. The number of ether oxygens (including phenoxy) is 2. The summed E-state index contributed by atoms with van der Waals surface area (Å²) in [5, 5.41) is 7.15. The maximum Gasteiger partial charge on any atom is 0.243 e. The summed E-state index contributed by atoms with van der Waals surface area (Å²) in [6, 6.07) is 0.695. The Balaban J connectivity index is 0.00000280. The zero-order chi connectivity index (χ0) is 19.1. The van der Waals surface area contributed by atoms with Crippen molar-refractivity contribution in [1.29, 1.82) is 0 Å². The van der Waals surface area contributed by atoms with Crippen LogP contribution >= 0.6 is 24.0 Å². The van der Waals surface area contributed by atoms with Gasteiger partial charge in [0.2, 0.25) is 5.91 Å². The summed E-state index contributed by atoms with van der Waals surface area (Å²) in [5.41, 5.74) is 0.0530. The third kappa shape index (κ3) is 7.02. The molecule has 1 saturated carbocycles. The van der Waals surface area contributed by atoms with Gasteiger partial charge in [-0.05, 0) is 38.5 Å². The number of carbonyl (C=O) groups is 1. The van der Waals surface area contributed by atoms with Crippen molar-refractivity contribution >= 4 is 35.8 Å². The van der Waals surface area contributed by atoms with Gasteiger partial charge < -0.3 is 25.0 Å². The molecule has 0 bridgehead atoms. The standard InChI is InChI=1S/C20H36N4O3.HI/c1-24(2)18(25)15-21-19(22-16-6-11-26-12-7-16)23-17-8-13-27-20(14-17)9-4-3-5-10-20;/h16-17H,3-15H2,1-2H3,(H2,21,22,23);1H. The van der Waals surface area contributed by atoms with Gasteiger partial charge in [-0.3, -0.25) is 4.79 Å². The van der Waals surface area contributed by atoms with Crippen molar-refractivity contribution in [3.05, 3.63) is 0 Å². The lowest BCUT2D eigenvalue weighted by Gasteiger charge is -2.44. The lowest BCUT2D eigenvalue weighted by molar-refractivity contribution is -0.127. The molecule has 28 heavy (non-hydrogen) atoms. The molecule has 1 unspecified atom stereocenters. The number of nitrogens with zero attached hydrogens (tertiary/aromatic N) is 2. The molecule has 1 aliphatic carbocycles. The first-order valence-corrected chi connectivity index (χ1v) is 10.6. The van der Waals surface area contributed by atoms with Crippen LogP contribution < -0.4 is 10.6 Å². The summed E-state index contributed by atoms with van der Waals surface area (Å²) in [6.45, 7) is 2.53. The Morgan fingerprint density at radius 2 is 1.68 bits per heavy atom. The molecule has 0 aromatic carbocycles. The maximum atomic E-state index is 12.0. The van der Waals surface area contributed by atoms with Crippen LogP contribution in [0.4, 0.5) is 0 Å². The molecule has 8 heteroatoms. The number of aliphatic imine (C=N–C) groups is 1. The number of halogens is 1. The second kappa shape index (κ2) is 11.5. The Morgan fingerprint density at radius 3 is 2.36 bits per heavy atom. The second-order valence-corrected chi connectivity index (χ2v) is 8.41. The smallest absolute Gasteiger partial charge is 0.243 e. The summed E-state index contributed by atoms with van der Waals surface area (Å²) in [6.07, 6.45) is 10.2. The van der Waals surface area contributed by atoms with E-state index in [1.807, 2.05) is 0 Å². The fourth-order valence-corrected chi connectivity index (χ4v) is 4.35. The van der Waals surface area contributed by atoms with E-state index in [4.69, 9.17) is 9.47 Å². The van der Waals surface area contributed by atoms with Gasteiger partial charge in [0.15, 0.2) is 5.96 Å². The minimum absolute atomic E-state index is 0. The molecule has 1 spiro atoms. The zero-order valence-electron chi connectivity index (χ0n) is 17.4. The number of hydrogen-bond acceptors (Lipinski definition) is 4. The van der Waals surface area contributed by atoms with Crippen LogP contribution in [0.5, 0.6) is 0 Å². The average molecular weight is 508 g/mol. The molecule has 7 nitrogen and oxygen atoms in total. The summed E-state index contributed by atoms with van der Waals surface area (Å²) in [4.78, 5) is 18.2. The number of nitrogens with one attached hydrogen (secondary N) is 2. The van der Waals surface area contributed by atoms with Gasteiger partial charge in [-0.2, -0.15) is 0 Å².